The molecule has 0 unspecified atom stereocenters. The number of carbonyl (C=O) groups is 1. The Hall–Kier alpha value is -3.63. The average Bonchev–Trinajstić information content (AvgIpc) is 2.88. The van der Waals surface area contributed by atoms with Crippen LogP contribution in [0.5, 0.6) is 11.5 Å². The number of likely N-dealkylation sites (tertiary alicyclic amines) is 1. The van der Waals surface area contributed by atoms with E-state index >= 15 is 0 Å². The monoisotopic (exact) mass is 451 g/mol. The number of fused-ring (bicyclic) bond motifs is 1. The third-order valence-electron chi connectivity index (χ3n) is 6.55. The molecule has 34 heavy (non-hydrogen) atoms. The quantitative estimate of drug-likeness (QED) is 0.335. The van der Waals surface area contributed by atoms with Gasteiger partial charge in [-0.15, -0.1) is 0 Å². The van der Waals surface area contributed by atoms with E-state index in [-0.39, 0.29) is 11.5 Å². The molecule has 1 saturated heterocycles. The van der Waals surface area contributed by atoms with E-state index in [1.165, 1.54) is 19.3 Å². The fourth-order valence-corrected chi connectivity index (χ4v) is 4.75. The van der Waals surface area contributed by atoms with Crippen molar-refractivity contribution in [3.8, 4) is 22.6 Å². The van der Waals surface area contributed by atoms with Crippen LogP contribution >= 0.6 is 0 Å². The number of carbonyl (C=O) groups excluding carboxylic acids is 1. The summed E-state index contributed by atoms with van der Waals surface area (Å²) in [6.45, 7) is 3.90. The SMILES string of the molecule is O=C(c1ccc(OCCN2CCCCC2)cc1)c1c(-c2cccc(O)c2)ccc2ccccc12. The molecule has 0 aromatic heterocycles. The largest absolute Gasteiger partial charge is 0.508 e. The van der Waals surface area contributed by atoms with Crippen LogP contribution in [0.1, 0.15) is 35.2 Å². The highest BCUT2D eigenvalue weighted by Gasteiger charge is 2.19. The summed E-state index contributed by atoms with van der Waals surface area (Å²) in [5, 5.41) is 11.9. The van der Waals surface area contributed by atoms with Gasteiger partial charge in [0.2, 0.25) is 0 Å². The maximum Gasteiger partial charge on any atom is 0.194 e. The molecule has 172 valence electrons. The number of aromatic hydroxyl groups is 1. The van der Waals surface area contributed by atoms with Crippen LogP contribution in [0.3, 0.4) is 0 Å². The fraction of sp³-hybridized carbons (Fsp3) is 0.233. The van der Waals surface area contributed by atoms with E-state index in [0.29, 0.717) is 17.7 Å². The van der Waals surface area contributed by atoms with Gasteiger partial charge in [0.25, 0.3) is 0 Å². The molecular weight excluding hydrogens is 422 g/mol. The van der Waals surface area contributed by atoms with Crippen molar-refractivity contribution in [3.05, 3.63) is 96.1 Å². The highest BCUT2D eigenvalue weighted by Crippen LogP contribution is 2.33. The third kappa shape index (κ3) is 4.82. The van der Waals surface area contributed by atoms with Crippen molar-refractivity contribution in [2.45, 2.75) is 19.3 Å². The fourth-order valence-electron chi connectivity index (χ4n) is 4.75. The van der Waals surface area contributed by atoms with Crippen LogP contribution in [0.25, 0.3) is 21.9 Å². The Kier molecular flexibility index (Phi) is 6.59. The lowest BCUT2D eigenvalue weighted by molar-refractivity contribution is 0.104. The standard InChI is InChI=1S/C30H29NO3/c32-25-9-6-8-24(21-25)28-16-13-22-7-2-3-10-27(22)29(28)30(33)23-11-14-26(15-12-23)34-20-19-31-17-4-1-5-18-31/h2-3,6-16,21,32H,1,4-5,17-20H2. The molecule has 0 atom stereocenters. The molecule has 1 heterocycles. The van der Waals surface area contributed by atoms with E-state index in [1.807, 2.05) is 66.7 Å². The van der Waals surface area contributed by atoms with Crippen molar-refractivity contribution in [3.63, 3.8) is 0 Å². The lowest BCUT2D eigenvalue weighted by atomic mass is 9.89. The Morgan fingerprint density at radius 3 is 2.44 bits per heavy atom. The van der Waals surface area contributed by atoms with Crippen LogP contribution in [0.4, 0.5) is 0 Å². The minimum Gasteiger partial charge on any atom is -0.508 e. The van der Waals surface area contributed by atoms with E-state index in [1.54, 1.807) is 18.2 Å². The molecule has 1 aliphatic rings. The minimum absolute atomic E-state index is 0.0463. The lowest BCUT2D eigenvalue weighted by Gasteiger charge is -2.26. The van der Waals surface area contributed by atoms with Crippen molar-refractivity contribution in [2.75, 3.05) is 26.2 Å². The molecule has 0 bridgehead atoms. The summed E-state index contributed by atoms with van der Waals surface area (Å²) in [5.74, 6) is 0.907. The van der Waals surface area contributed by atoms with Gasteiger partial charge >= 0.3 is 0 Å². The van der Waals surface area contributed by atoms with Crippen molar-refractivity contribution in [1.29, 1.82) is 0 Å². The number of benzene rings is 4. The summed E-state index contributed by atoms with van der Waals surface area (Å²) in [6.07, 6.45) is 3.88. The maximum absolute atomic E-state index is 13.8. The first-order valence-corrected chi connectivity index (χ1v) is 12.0. The lowest BCUT2D eigenvalue weighted by Crippen LogP contribution is -2.33. The molecule has 0 amide bonds. The number of phenols is 1. The first-order chi connectivity index (χ1) is 16.7. The number of piperidine rings is 1. The Bertz CT molecular complexity index is 1290. The van der Waals surface area contributed by atoms with Crippen molar-refractivity contribution in [1.82, 2.24) is 4.90 Å². The summed E-state index contributed by atoms with van der Waals surface area (Å²) >= 11 is 0. The molecule has 0 spiro atoms. The topological polar surface area (TPSA) is 49.8 Å². The summed E-state index contributed by atoms with van der Waals surface area (Å²) in [4.78, 5) is 16.2. The van der Waals surface area contributed by atoms with Crippen molar-refractivity contribution < 1.29 is 14.6 Å². The summed E-state index contributed by atoms with van der Waals surface area (Å²) < 4.78 is 5.94. The molecule has 1 aliphatic heterocycles. The minimum atomic E-state index is -0.0463. The Morgan fingerprint density at radius 1 is 0.853 bits per heavy atom. The van der Waals surface area contributed by atoms with E-state index in [0.717, 1.165) is 47.3 Å². The van der Waals surface area contributed by atoms with Crippen LogP contribution in [-0.2, 0) is 0 Å². The Morgan fingerprint density at radius 2 is 1.65 bits per heavy atom. The van der Waals surface area contributed by atoms with Crippen LogP contribution < -0.4 is 4.74 Å². The number of nitrogens with zero attached hydrogens (tertiary/aromatic N) is 1. The van der Waals surface area contributed by atoms with Crippen LogP contribution in [0.15, 0.2) is 84.9 Å². The van der Waals surface area contributed by atoms with Gasteiger partial charge in [-0.05, 0) is 84.2 Å². The Labute approximate surface area is 200 Å². The van der Waals surface area contributed by atoms with Crippen molar-refractivity contribution >= 4 is 16.6 Å². The number of ether oxygens (including phenoxy) is 1. The molecule has 1 N–H and O–H groups in total. The molecule has 1 fully saturated rings. The predicted molar refractivity (Wildman–Crippen MR) is 137 cm³/mol. The van der Waals surface area contributed by atoms with Gasteiger partial charge in [-0.1, -0.05) is 55.0 Å². The van der Waals surface area contributed by atoms with Gasteiger partial charge in [-0.25, -0.2) is 0 Å². The number of hydrogen-bond donors (Lipinski definition) is 1. The molecule has 4 aromatic carbocycles. The molecule has 5 rings (SSSR count). The molecule has 4 heteroatoms. The van der Waals surface area contributed by atoms with Gasteiger partial charge in [-0.3, -0.25) is 9.69 Å². The van der Waals surface area contributed by atoms with E-state index in [9.17, 15) is 9.90 Å². The van der Waals surface area contributed by atoms with Crippen molar-refractivity contribution in [2.24, 2.45) is 0 Å². The molecular formula is C30H29NO3. The van der Waals surface area contributed by atoms with Gasteiger partial charge in [0.15, 0.2) is 5.78 Å². The molecule has 0 saturated carbocycles. The first-order valence-electron chi connectivity index (χ1n) is 12.0. The third-order valence-corrected chi connectivity index (χ3v) is 6.55. The number of rotatable bonds is 7. The summed E-state index contributed by atoms with van der Waals surface area (Å²) in [5.41, 5.74) is 2.87. The van der Waals surface area contributed by atoms with Gasteiger partial charge < -0.3 is 9.84 Å². The van der Waals surface area contributed by atoms with Crippen LogP contribution in [0, 0.1) is 0 Å². The first kappa shape index (κ1) is 22.2. The van der Waals surface area contributed by atoms with Crippen LogP contribution in [0.2, 0.25) is 0 Å². The van der Waals surface area contributed by atoms with Gasteiger partial charge in [0.1, 0.15) is 18.1 Å². The smallest absolute Gasteiger partial charge is 0.194 e. The maximum atomic E-state index is 13.8. The van der Waals surface area contributed by atoms with Gasteiger partial charge in [-0.2, -0.15) is 0 Å². The van der Waals surface area contributed by atoms with Crippen LogP contribution in [-0.4, -0.2) is 42.0 Å². The zero-order valence-corrected chi connectivity index (χ0v) is 19.2. The highest BCUT2D eigenvalue weighted by molar-refractivity contribution is 6.20. The summed E-state index contributed by atoms with van der Waals surface area (Å²) in [7, 11) is 0. The predicted octanol–water partition coefficient (Wildman–Crippen LogP) is 6.31. The molecule has 4 nitrogen and oxygen atoms in total. The van der Waals surface area contributed by atoms with E-state index < -0.39 is 0 Å². The number of phenolic OH excluding ortho intramolecular Hbond substituents is 1. The zero-order chi connectivity index (χ0) is 23.3. The zero-order valence-electron chi connectivity index (χ0n) is 19.2. The molecule has 0 aliphatic carbocycles. The number of ketones is 1. The highest BCUT2D eigenvalue weighted by atomic mass is 16.5. The second-order valence-corrected chi connectivity index (χ2v) is 8.86. The van der Waals surface area contributed by atoms with E-state index in [4.69, 9.17) is 4.74 Å². The van der Waals surface area contributed by atoms with Gasteiger partial charge in [0, 0.05) is 17.7 Å². The number of hydrogen-bond acceptors (Lipinski definition) is 4. The van der Waals surface area contributed by atoms with Gasteiger partial charge in [0.05, 0.1) is 0 Å². The summed E-state index contributed by atoms with van der Waals surface area (Å²) in [6, 6.07) is 26.4. The average molecular weight is 452 g/mol. The van der Waals surface area contributed by atoms with E-state index in [2.05, 4.69) is 4.90 Å². The normalized spacial score (nSPS) is 14.2. The Balaban J connectivity index is 1.41. The molecule has 0 radical (unpaired) electrons. The molecule has 4 aromatic rings. The second kappa shape index (κ2) is 10.1. The second-order valence-electron chi connectivity index (χ2n) is 8.86.